The summed E-state index contributed by atoms with van der Waals surface area (Å²) in [6.45, 7) is 5.20. The van der Waals surface area contributed by atoms with Gasteiger partial charge in [0.05, 0.1) is 0 Å². The number of ether oxygens (including phenoxy) is 2. The van der Waals surface area contributed by atoms with Crippen LogP contribution in [0.15, 0.2) is 40.9 Å². The third-order valence-corrected chi connectivity index (χ3v) is 3.88. The molecular weight excluding hydrogens is 405 g/mol. The highest BCUT2D eigenvalue weighted by molar-refractivity contribution is 9.10. The summed E-state index contributed by atoms with van der Waals surface area (Å²) in [5, 5.41) is 2.51. The van der Waals surface area contributed by atoms with Crippen molar-refractivity contribution in [1.82, 2.24) is 5.32 Å². The predicted octanol–water partition coefficient (Wildman–Crippen LogP) is 5.22. The Morgan fingerprint density at radius 2 is 2.00 bits per heavy atom. The van der Waals surface area contributed by atoms with Crippen molar-refractivity contribution >= 4 is 28.3 Å². The molecule has 0 saturated carbocycles. The monoisotopic (exact) mass is 423 g/mol. The molecule has 2 aromatic rings. The van der Waals surface area contributed by atoms with Gasteiger partial charge in [0.1, 0.15) is 11.4 Å². The third-order valence-electron chi connectivity index (χ3n) is 3.19. The maximum absolute atomic E-state index is 14.6. The number of aldehydes is 1. The zero-order chi connectivity index (χ0) is 19.3. The van der Waals surface area contributed by atoms with Gasteiger partial charge in [-0.2, -0.15) is 0 Å². The molecule has 0 aliphatic carbocycles. The number of benzene rings is 2. The van der Waals surface area contributed by atoms with Crippen molar-refractivity contribution in [3.05, 3.63) is 57.8 Å². The maximum atomic E-state index is 14.6. The molecule has 0 spiro atoms. The van der Waals surface area contributed by atoms with Crippen molar-refractivity contribution in [1.29, 1.82) is 0 Å². The lowest BCUT2D eigenvalue weighted by Crippen LogP contribution is -2.32. The lowest BCUT2D eigenvalue weighted by molar-refractivity contribution is 0.0523. The Hall–Kier alpha value is -2.41. The summed E-state index contributed by atoms with van der Waals surface area (Å²) in [6, 6.07) is 9.37. The molecule has 2 rings (SSSR count). The maximum Gasteiger partial charge on any atom is 0.407 e. The van der Waals surface area contributed by atoms with E-state index >= 15 is 0 Å². The molecule has 0 bridgehead atoms. The van der Waals surface area contributed by atoms with E-state index in [1.807, 2.05) is 0 Å². The van der Waals surface area contributed by atoms with Crippen LogP contribution >= 0.6 is 15.9 Å². The fourth-order valence-corrected chi connectivity index (χ4v) is 2.50. The van der Waals surface area contributed by atoms with Gasteiger partial charge in [0.25, 0.3) is 0 Å². The SMILES string of the molecule is CC(C)(C)OC(=O)NCc1cccc(Oc2ccc(C=O)c(Br)c2)c1F. The summed E-state index contributed by atoms with van der Waals surface area (Å²) in [7, 11) is 0. The van der Waals surface area contributed by atoms with E-state index in [2.05, 4.69) is 21.2 Å². The topological polar surface area (TPSA) is 64.6 Å². The van der Waals surface area contributed by atoms with Crippen molar-refractivity contribution < 1.29 is 23.5 Å². The normalized spacial score (nSPS) is 11.0. The largest absolute Gasteiger partial charge is 0.454 e. The van der Waals surface area contributed by atoms with Crippen molar-refractivity contribution in [2.24, 2.45) is 0 Å². The molecule has 2 aromatic carbocycles. The van der Waals surface area contributed by atoms with Crippen LogP contribution in [0.4, 0.5) is 9.18 Å². The molecule has 1 N–H and O–H groups in total. The van der Waals surface area contributed by atoms with E-state index < -0.39 is 17.5 Å². The van der Waals surface area contributed by atoms with Crippen LogP contribution < -0.4 is 10.1 Å². The Kier molecular flexibility index (Phi) is 6.37. The average Bonchev–Trinajstić information content (AvgIpc) is 2.54. The lowest BCUT2D eigenvalue weighted by atomic mass is 10.2. The number of amides is 1. The average molecular weight is 424 g/mol. The molecule has 7 heteroatoms. The Labute approximate surface area is 159 Å². The quantitative estimate of drug-likeness (QED) is 0.669. The Balaban J connectivity index is 2.10. The first-order valence-electron chi connectivity index (χ1n) is 7.86. The Morgan fingerprint density at radius 3 is 2.62 bits per heavy atom. The van der Waals surface area contributed by atoms with Crippen molar-refractivity contribution in [3.8, 4) is 11.5 Å². The molecule has 0 radical (unpaired) electrons. The van der Waals surface area contributed by atoms with Gasteiger partial charge in [-0.25, -0.2) is 9.18 Å². The molecule has 0 aromatic heterocycles. The second-order valence-corrected chi connectivity index (χ2v) is 7.34. The van der Waals surface area contributed by atoms with Gasteiger partial charge >= 0.3 is 6.09 Å². The van der Waals surface area contributed by atoms with Crippen LogP contribution in [0.2, 0.25) is 0 Å². The molecule has 1 amide bonds. The predicted molar refractivity (Wildman–Crippen MR) is 99.1 cm³/mol. The highest BCUT2D eigenvalue weighted by Crippen LogP contribution is 2.29. The highest BCUT2D eigenvalue weighted by Gasteiger charge is 2.17. The van der Waals surface area contributed by atoms with Crippen LogP contribution in [-0.2, 0) is 11.3 Å². The van der Waals surface area contributed by atoms with E-state index in [4.69, 9.17) is 9.47 Å². The third kappa shape index (κ3) is 5.56. The second-order valence-electron chi connectivity index (χ2n) is 6.49. The van der Waals surface area contributed by atoms with Crippen molar-refractivity contribution in [2.75, 3.05) is 0 Å². The molecule has 0 heterocycles. The van der Waals surface area contributed by atoms with Crippen LogP contribution in [0.1, 0.15) is 36.7 Å². The van der Waals surface area contributed by atoms with Crippen LogP contribution in [-0.4, -0.2) is 18.0 Å². The number of carbonyl (C=O) groups excluding carboxylic acids is 2. The lowest BCUT2D eigenvalue weighted by Gasteiger charge is -2.19. The van der Waals surface area contributed by atoms with Gasteiger partial charge < -0.3 is 14.8 Å². The van der Waals surface area contributed by atoms with Crippen molar-refractivity contribution in [2.45, 2.75) is 32.9 Å². The Bertz CT molecular complexity index is 818. The molecule has 0 unspecified atom stereocenters. The van der Waals surface area contributed by atoms with Gasteiger partial charge in [0.15, 0.2) is 17.9 Å². The first kappa shape index (κ1) is 19.9. The molecular formula is C19H19BrFNO4. The Morgan fingerprint density at radius 1 is 1.27 bits per heavy atom. The molecule has 0 aliphatic heterocycles. The minimum atomic E-state index is -0.630. The minimum Gasteiger partial charge on any atom is -0.454 e. The van der Waals surface area contributed by atoms with Gasteiger partial charge in [-0.05, 0) is 61.0 Å². The van der Waals surface area contributed by atoms with E-state index in [0.29, 0.717) is 22.1 Å². The van der Waals surface area contributed by atoms with E-state index in [0.717, 1.165) is 0 Å². The molecule has 138 valence electrons. The highest BCUT2D eigenvalue weighted by atomic mass is 79.9. The first-order valence-corrected chi connectivity index (χ1v) is 8.66. The zero-order valence-electron chi connectivity index (χ0n) is 14.6. The number of hydrogen-bond donors (Lipinski definition) is 1. The number of nitrogens with one attached hydrogen (secondary N) is 1. The zero-order valence-corrected chi connectivity index (χ0v) is 16.2. The fourth-order valence-electron chi connectivity index (χ4n) is 2.05. The van der Waals surface area contributed by atoms with Crippen LogP contribution in [0.3, 0.4) is 0 Å². The first-order chi connectivity index (χ1) is 12.2. The van der Waals surface area contributed by atoms with Crippen LogP contribution in [0.5, 0.6) is 11.5 Å². The smallest absolute Gasteiger partial charge is 0.407 e. The van der Waals surface area contributed by atoms with Crippen molar-refractivity contribution in [3.63, 3.8) is 0 Å². The van der Waals surface area contributed by atoms with E-state index in [1.165, 1.54) is 6.07 Å². The van der Waals surface area contributed by atoms with E-state index in [-0.39, 0.29) is 17.9 Å². The summed E-state index contributed by atoms with van der Waals surface area (Å²) < 4.78 is 25.8. The molecule has 26 heavy (non-hydrogen) atoms. The van der Waals surface area contributed by atoms with Crippen LogP contribution in [0.25, 0.3) is 0 Å². The molecule has 0 fully saturated rings. The summed E-state index contributed by atoms with van der Waals surface area (Å²) in [4.78, 5) is 22.5. The van der Waals surface area contributed by atoms with Gasteiger partial charge in [-0.1, -0.05) is 12.1 Å². The van der Waals surface area contributed by atoms with Gasteiger partial charge in [-0.15, -0.1) is 0 Å². The van der Waals surface area contributed by atoms with E-state index in [9.17, 15) is 14.0 Å². The molecule has 5 nitrogen and oxygen atoms in total. The second kappa shape index (κ2) is 8.31. The summed E-state index contributed by atoms with van der Waals surface area (Å²) in [5.74, 6) is -0.197. The van der Waals surface area contributed by atoms with Gasteiger partial charge in [0.2, 0.25) is 0 Å². The number of carbonyl (C=O) groups is 2. The molecule has 0 saturated heterocycles. The minimum absolute atomic E-state index is 0.0132. The summed E-state index contributed by atoms with van der Waals surface area (Å²) in [6.07, 6.45) is 0.0776. The summed E-state index contributed by atoms with van der Waals surface area (Å²) >= 11 is 3.25. The number of hydrogen-bond acceptors (Lipinski definition) is 4. The number of halogens is 2. The molecule has 0 aliphatic rings. The van der Waals surface area contributed by atoms with Gasteiger partial charge in [0, 0.05) is 22.1 Å². The van der Waals surface area contributed by atoms with Crippen LogP contribution in [0, 0.1) is 5.82 Å². The summed E-state index contributed by atoms with van der Waals surface area (Å²) in [5.41, 5.74) is 0.0966. The number of alkyl carbamates (subject to hydrolysis) is 1. The van der Waals surface area contributed by atoms with E-state index in [1.54, 1.807) is 51.1 Å². The number of rotatable bonds is 5. The molecule has 0 atom stereocenters. The fraction of sp³-hybridized carbons (Fsp3) is 0.263. The van der Waals surface area contributed by atoms with Gasteiger partial charge in [-0.3, -0.25) is 4.79 Å². The standard InChI is InChI=1S/C19H19BrFNO4/c1-19(2,3)26-18(24)22-10-12-5-4-6-16(17(12)21)25-14-8-7-13(11-23)15(20)9-14/h4-9,11H,10H2,1-3H3,(H,22,24).